The van der Waals surface area contributed by atoms with Gasteiger partial charge in [-0.05, 0) is 47.7 Å². The van der Waals surface area contributed by atoms with Crippen molar-refractivity contribution in [3.63, 3.8) is 0 Å². The molecule has 0 bridgehead atoms. The highest BCUT2D eigenvalue weighted by molar-refractivity contribution is 5.93. The molecule has 4 nitrogen and oxygen atoms in total. The lowest BCUT2D eigenvalue weighted by atomic mass is 10.1. The van der Waals surface area contributed by atoms with Crippen LogP contribution in [0, 0.1) is 11.3 Å². The fourth-order valence-corrected chi connectivity index (χ4v) is 2.71. The number of carbonyl (C=O) groups is 1. The average Bonchev–Trinajstić information content (AvgIpc) is 2.94. The summed E-state index contributed by atoms with van der Waals surface area (Å²) in [5, 5.41) is 12.0. The zero-order valence-electron chi connectivity index (χ0n) is 12.8. The van der Waals surface area contributed by atoms with E-state index in [-0.39, 0.29) is 12.2 Å². The van der Waals surface area contributed by atoms with E-state index in [9.17, 15) is 4.79 Å². The number of anilines is 1. The van der Waals surface area contributed by atoms with Gasteiger partial charge in [-0.2, -0.15) is 5.26 Å². The van der Waals surface area contributed by atoms with Gasteiger partial charge in [0.2, 0.25) is 0 Å². The minimum atomic E-state index is -0.617. The first-order valence-electron chi connectivity index (χ1n) is 7.48. The van der Waals surface area contributed by atoms with E-state index in [4.69, 9.17) is 10.00 Å². The SMILES string of the molecule is CCOC(=O)/C(C#N)=C/Nc1ccc2c(c1)-c1ccccc1C2. The number of nitrogens with one attached hydrogen (secondary N) is 1. The molecule has 0 amide bonds. The van der Waals surface area contributed by atoms with Crippen molar-refractivity contribution in [1.82, 2.24) is 0 Å². The molecule has 1 aliphatic rings. The molecule has 0 heterocycles. The van der Waals surface area contributed by atoms with Gasteiger partial charge in [0, 0.05) is 11.9 Å². The van der Waals surface area contributed by atoms with Gasteiger partial charge in [0.1, 0.15) is 6.07 Å². The van der Waals surface area contributed by atoms with Gasteiger partial charge >= 0.3 is 5.97 Å². The molecule has 0 aromatic heterocycles. The number of ether oxygens (including phenoxy) is 1. The van der Waals surface area contributed by atoms with Gasteiger partial charge in [0.05, 0.1) is 6.61 Å². The number of hydrogen-bond donors (Lipinski definition) is 1. The summed E-state index contributed by atoms with van der Waals surface area (Å²) in [5.74, 6) is -0.617. The number of hydrogen-bond acceptors (Lipinski definition) is 4. The molecule has 3 rings (SSSR count). The second-order valence-corrected chi connectivity index (χ2v) is 5.24. The van der Waals surface area contributed by atoms with Crippen molar-refractivity contribution in [2.24, 2.45) is 0 Å². The topological polar surface area (TPSA) is 62.1 Å². The zero-order chi connectivity index (χ0) is 16.2. The van der Waals surface area contributed by atoms with Crippen LogP contribution in [-0.2, 0) is 16.0 Å². The molecule has 0 fully saturated rings. The third-order valence-corrected chi connectivity index (χ3v) is 3.80. The maximum Gasteiger partial charge on any atom is 0.350 e. The van der Waals surface area contributed by atoms with Crippen molar-refractivity contribution in [2.75, 3.05) is 11.9 Å². The van der Waals surface area contributed by atoms with E-state index in [0.29, 0.717) is 0 Å². The number of nitriles is 1. The van der Waals surface area contributed by atoms with E-state index in [1.165, 1.54) is 28.5 Å². The number of nitrogens with zero attached hydrogens (tertiary/aromatic N) is 1. The summed E-state index contributed by atoms with van der Waals surface area (Å²) in [7, 11) is 0. The lowest BCUT2D eigenvalue weighted by molar-refractivity contribution is -0.138. The first-order valence-corrected chi connectivity index (χ1v) is 7.48. The molecular weight excluding hydrogens is 288 g/mol. The van der Waals surface area contributed by atoms with Crippen LogP contribution in [0.1, 0.15) is 18.1 Å². The Bertz CT molecular complexity index is 832. The number of benzene rings is 2. The smallest absolute Gasteiger partial charge is 0.350 e. The molecule has 0 saturated heterocycles. The van der Waals surface area contributed by atoms with Crippen LogP contribution in [0.15, 0.2) is 54.2 Å². The molecule has 114 valence electrons. The quantitative estimate of drug-likeness (QED) is 0.454. The Kier molecular flexibility index (Phi) is 4.11. The van der Waals surface area contributed by atoms with Gasteiger partial charge in [-0.25, -0.2) is 4.79 Å². The van der Waals surface area contributed by atoms with Crippen LogP contribution in [0.5, 0.6) is 0 Å². The number of carbonyl (C=O) groups excluding carboxylic acids is 1. The molecule has 2 aromatic carbocycles. The molecule has 23 heavy (non-hydrogen) atoms. The largest absolute Gasteiger partial charge is 0.462 e. The number of rotatable bonds is 4. The summed E-state index contributed by atoms with van der Waals surface area (Å²) in [6.45, 7) is 1.95. The lowest BCUT2D eigenvalue weighted by Gasteiger charge is -2.06. The Morgan fingerprint density at radius 1 is 1.26 bits per heavy atom. The van der Waals surface area contributed by atoms with Crippen molar-refractivity contribution in [1.29, 1.82) is 5.26 Å². The van der Waals surface area contributed by atoms with Gasteiger partial charge in [-0.15, -0.1) is 0 Å². The summed E-state index contributed by atoms with van der Waals surface area (Å²) >= 11 is 0. The fraction of sp³-hybridized carbons (Fsp3) is 0.158. The Labute approximate surface area is 135 Å². The normalized spacial score (nSPS) is 12.1. The van der Waals surface area contributed by atoms with Crippen molar-refractivity contribution < 1.29 is 9.53 Å². The molecule has 2 aromatic rings. The molecule has 0 radical (unpaired) electrons. The van der Waals surface area contributed by atoms with E-state index < -0.39 is 5.97 Å². The second kappa shape index (κ2) is 6.37. The molecule has 0 unspecified atom stereocenters. The van der Waals surface area contributed by atoms with Gasteiger partial charge < -0.3 is 10.1 Å². The van der Waals surface area contributed by atoms with Crippen LogP contribution in [0.25, 0.3) is 11.1 Å². The maximum atomic E-state index is 11.6. The summed E-state index contributed by atoms with van der Waals surface area (Å²) in [5.41, 5.74) is 5.81. The minimum absolute atomic E-state index is 0.0484. The zero-order valence-corrected chi connectivity index (χ0v) is 12.8. The van der Waals surface area contributed by atoms with Crippen molar-refractivity contribution >= 4 is 11.7 Å². The van der Waals surface area contributed by atoms with Crippen LogP contribution >= 0.6 is 0 Å². The molecule has 4 heteroatoms. The highest BCUT2D eigenvalue weighted by Crippen LogP contribution is 2.37. The van der Waals surface area contributed by atoms with Crippen molar-refractivity contribution in [3.8, 4) is 17.2 Å². The predicted octanol–water partition coefficient (Wildman–Crippen LogP) is 3.64. The predicted molar refractivity (Wildman–Crippen MR) is 88.6 cm³/mol. The first-order chi connectivity index (χ1) is 11.2. The van der Waals surface area contributed by atoms with Gasteiger partial charge in [0.25, 0.3) is 0 Å². The van der Waals surface area contributed by atoms with Crippen LogP contribution in [0.2, 0.25) is 0 Å². The minimum Gasteiger partial charge on any atom is -0.462 e. The Morgan fingerprint density at radius 3 is 2.83 bits per heavy atom. The van der Waals surface area contributed by atoms with E-state index in [0.717, 1.165) is 12.1 Å². The van der Waals surface area contributed by atoms with Crippen LogP contribution in [0.3, 0.4) is 0 Å². The maximum absolute atomic E-state index is 11.6. The van der Waals surface area contributed by atoms with Crippen molar-refractivity contribution in [2.45, 2.75) is 13.3 Å². The fourth-order valence-electron chi connectivity index (χ4n) is 2.71. The van der Waals surface area contributed by atoms with Crippen LogP contribution < -0.4 is 5.32 Å². The monoisotopic (exact) mass is 304 g/mol. The summed E-state index contributed by atoms with van der Waals surface area (Å²) in [6, 6.07) is 16.2. The average molecular weight is 304 g/mol. The lowest BCUT2D eigenvalue weighted by Crippen LogP contribution is -2.07. The molecule has 0 saturated carbocycles. The third kappa shape index (κ3) is 2.95. The molecule has 0 atom stereocenters. The summed E-state index contributed by atoms with van der Waals surface area (Å²) in [4.78, 5) is 11.6. The Hall–Kier alpha value is -3.06. The van der Waals surface area contributed by atoms with Gasteiger partial charge in [-0.3, -0.25) is 0 Å². The summed E-state index contributed by atoms with van der Waals surface area (Å²) in [6.07, 6.45) is 2.33. The standard InChI is InChI=1S/C19H16N2O2/c1-2-23-19(22)15(11-20)12-21-16-8-7-14-9-13-5-3-4-6-17(13)18(14)10-16/h3-8,10,12,21H,2,9H2,1H3/b15-12+. The molecule has 1 N–H and O–H groups in total. The van der Waals surface area contributed by atoms with Gasteiger partial charge in [-0.1, -0.05) is 30.3 Å². The third-order valence-electron chi connectivity index (χ3n) is 3.80. The van der Waals surface area contributed by atoms with Gasteiger partial charge in [0.15, 0.2) is 5.57 Å². The molecular formula is C19H16N2O2. The van der Waals surface area contributed by atoms with Crippen LogP contribution in [-0.4, -0.2) is 12.6 Å². The van der Waals surface area contributed by atoms with E-state index in [1.807, 2.05) is 30.3 Å². The van der Waals surface area contributed by atoms with E-state index in [1.54, 1.807) is 6.92 Å². The summed E-state index contributed by atoms with van der Waals surface area (Å²) < 4.78 is 4.83. The van der Waals surface area contributed by atoms with Crippen LogP contribution in [0.4, 0.5) is 5.69 Å². The first kappa shape index (κ1) is 14.9. The highest BCUT2D eigenvalue weighted by atomic mass is 16.5. The van der Waals surface area contributed by atoms with E-state index >= 15 is 0 Å². The number of fused-ring (bicyclic) bond motifs is 3. The number of esters is 1. The molecule has 0 spiro atoms. The second-order valence-electron chi connectivity index (χ2n) is 5.24. The molecule has 0 aliphatic heterocycles. The Balaban J connectivity index is 1.84. The highest BCUT2D eigenvalue weighted by Gasteiger charge is 2.17. The molecule has 1 aliphatic carbocycles. The van der Waals surface area contributed by atoms with Crippen molar-refractivity contribution in [3.05, 3.63) is 65.4 Å². The van der Waals surface area contributed by atoms with E-state index in [2.05, 4.69) is 23.5 Å². The Morgan fingerprint density at radius 2 is 2.04 bits per heavy atom.